The van der Waals surface area contributed by atoms with E-state index < -0.39 is 0 Å². The second-order valence-electron chi connectivity index (χ2n) is 7.48. The molecule has 2 unspecified atom stereocenters. The number of rotatable bonds is 6. The maximum Gasteiger partial charge on any atom is 0.271 e. The SMILES string of the molecule is C/C(=N\NC(=O)c1ccc(OCC(=O)N2C(C)CCCC2C)cc1)c1ccc(Br)s1. The van der Waals surface area contributed by atoms with Crippen LogP contribution in [-0.2, 0) is 4.79 Å². The van der Waals surface area contributed by atoms with Crippen LogP contribution in [0.3, 0.4) is 0 Å². The number of nitrogens with zero attached hydrogens (tertiary/aromatic N) is 2. The Morgan fingerprint density at radius 2 is 1.83 bits per heavy atom. The number of ether oxygens (including phenoxy) is 1. The summed E-state index contributed by atoms with van der Waals surface area (Å²) >= 11 is 4.96. The number of carbonyl (C=O) groups excluding carboxylic acids is 2. The molecule has 8 heteroatoms. The number of hydrazone groups is 1. The molecule has 1 fully saturated rings. The van der Waals surface area contributed by atoms with Gasteiger partial charge in [-0.2, -0.15) is 5.10 Å². The first-order valence-corrected chi connectivity index (χ1v) is 11.6. The Kier molecular flexibility index (Phi) is 7.66. The highest BCUT2D eigenvalue weighted by Gasteiger charge is 2.28. The van der Waals surface area contributed by atoms with Crippen LogP contribution in [0.4, 0.5) is 0 Å². The van der Waals surface area contributed by atoms with Crippen LogP contribution < -0.4 is 10.2 Å². The van der Waals surface area contributed by atoms with Crippen molar-refractivity contribution in [2.45, 2.75) is 52.1 Å². The zero-order valence-corrected chi connectivity index (χ0v) is 19.8. The van der Waals surface area contributed by atoms with Gasteiger partial charge in [0.05, 0.1) is 14.4 Å². The Morgan fingerprint density at radius 3 is 2.43 bits per heavy atom. The highest BCUT2D eigenvalue weighted by atomic mass is 79.9. The number of hydrogen-bond donors (Lipinski definition) is 1. The lowest BCUT2D eigenvalue weighted by molar-refractivity contribution is -0.139. The molecule has 1 aliphatic rings. The van der Waals surface area contributed by atoms with Crippen LogP contribution in [0.5, 0.6) is 5.75 Å². The van der Waals surface area contributed by atoms with Crippen LogP contribution in [-0.4, -0.2) is 41.1 Å². The lowest BCUT2D eigenvalue weighted by Crippen LogP contribution is -2.49. The Bertz CT molecular complexity index is 916. The average Bonchev–Trinajstić information content (AvgIpc) is 3.17. The molecule has 2 aromatic rings. The quantitative estimate of drug-likeness (QED) is 0.464. The molecule has 0 bridgehead atoms. The molecule has 0 aliphatic carbocycles. The lowest BCUT2D eigenvalue weighted by atomic mass is 9.97. The number of benzene rings is 1. The van der Waals surface area contributed by atoms with E-state index in [9.17, 15) is 9.59 Å². The maximum atomic E-state index is 12.6. The monoisotopic (exact) mass is 491 g/mol. The van der Waals surface area contributed by atoms with Gasteiger partial charge in [0.15, 0.2) is 6.61 Å². The van der Waals surface area contributed by atoms with Crippen LogP contribution in [0, 0.1) is 0 Å². The van der Waals surface area contributed by atoms with E-state index in [0.29, 0.717) is 11.3 Å². The molecule has 1 aromatic heterocycles. The van der Waals surface area contributed by atoms with Gasteiger partial charge in [0.25, 0.3) is 11.8 Å². The van der Waals surface area contributed by atoms with Crippen molar-refractivity contribution in [1.29, 1.82) is 0 Å². The van der Waals surface area contributed by atoms with Crippen molar-refractivity contribution in [3.8, 4) is 5.75 Å². The summed E-state index contributed by atoms with van der Waals surface area (Å²) in [7, 11) is 0. The minimum Gasteiger partial charge on any atom is -0.484 e. The summed E-state index contributed by atoms with van der Waals surface area (Å²) in [5.74, 6) is 0.255. The smallest absolute Gasteiger partial charge is 0.271 e. The normalized spacial score (nSPS) is 19.5. The Balaban J connectivity index is 1.53. The third kappa shape index (κ3) is 5.70. The van der Waals surface area contributed by atoms with E-state index in [2.05, 4.69) is 40.3 Å². The molecule has 0 saturated carbocycles. The zero-order valence-electron chi connectivity index (χ0n) is 17.4. The Labute approximate surface area is 189 Å². The Morgan fingerprint density at radius 1 is 1.17 bits per heavy atom. The predicted octanol–water partition coefficient (Wildman–Crippen LogP) is 4.83. The second-order valence-corrected chi connectivity index (χ2v) is 9.95. The number of piperidine rings is 1. The highest BCUT2D eigenvalue weighted by Crippen LogP contribution is 2.23. The summed E-state index contributed by atoms with van der Waals surface area (Å²) in [4.78, 5) is 27.8. The Hall–Kier alpha value is -2.19. The molecular weight excluding hydrogens is 466 g/mol. The minimum absolute atomic E-state index is 0.0000838. The summed E-state index contributed by atoms with van der Waals surface area (Å²) in [6, 6.07) is 11.1. The van der Waals surface area contributed by atoms with Gasteiger partial charge in [0, 0.05) is 17.6 Å². The third-order valence-corrected chi connectivity index (χ3v) is 6.95. The number of likely N-dealkylation sites (tertiary alicyclic amines) is 1. The fourth-order valence-corrected chi connectivity index (χ4v) is 4.93. The van der Waals surface area contributed by atoms with Crippen molar-refractivity contribution in [3.05, 3.63) is 50.6 Å². The number of halogens is 1. The number of carbonyl (C=O) groups is 2. The molecule has 30 heavy (non-hydrogen) atoms. The van der Waals surface area contributed by atoms with Gasteiger partial charge < -0.3 is 9.64 Å². The molecular formula is C22H26BrN3O3S. The predicted molar refractivity (Wildman–Crippen MR) is 123 cm³/mol. The van der Waals surface area contributed by atoms with Gasteiger partial charge in [-0.1, -0.05) is 0 Å². The van der Waals surface area contributed by atoms with E-state index in [4.69, 9.17) is 4.74 Å². The standard InChI is InChI=1S/C22H26BrN3O3S/c1-14-5-4-6-15(2)26(14)21(27)13-29-18-9-7-17(8-10-18)22(28)25-24-16(3)19-11-12-20(23)30-19/h7-12,14-15H,4-6,13H2,1-3H3,(H,25,28)/b24-16+. The topological polar surface area (TPSA) is 71.0 Å². The number of nitrogens with one attached hydrogen (secondary N) is 1. The van der Waals surface area contributed by atoms with Gasteiger partial charge in [-0.25, -0.2) is 5.43 Å². The van der Waals surface area contributed by atoms with Crippen molar-refractivity contribution in [2.75, 3.05) is 6.61 Å². The molecule has 2 amide bonds. The van der Waals surface area contributed by atoms with E-state index in [1.54, 1.807) is 35.6 Å². The number of amides is 2. The van der Waals surface area contributed by atoms with E-state index in [-0.39, 0.29) is 30.5 Å². The molecule has 1 aliphatic heterocycles. The van der Waals surface area contributed by atoms with Crippen molar-refractivity contribution < 1.29 is 14.3 Å². The molecule has 3 rings (SSSR count). The largest absolute Gasteiger partial charge is 0.484 e. The van der Waals surface area contributed by atoms with Crippen molar-refractivity contribution in [1.82, 2.24) is 10.3 Å². The summed E-state index contributed by atoms with van der Waals surface area (Å²) in [6.45, 7) is 6.02. The molecule has 2 atom stereocenters. The van der Waals surface area contributed by atoms with Gasteiger partial charge in [0.2, 0.25) is 0 Å². The molecule has 0 radical (unpaired) electrons. The zero-order chi connectivity index (χ0) is 21.7. The van der Waals surface area contributed by atoms with Gasteiger partial charge in [-0.15, -0.1) is 11.3 Å². The summed E-state index contributed by atoms with van der Waals surface area (Å²) < 4.78 is 6.67. The molecule has 0 spiro atoms. The molecule has 1 N–H and O–H groups in total. The number of thiophene rings is 1. The minimum atomic E-state index is -0.302. The second kappa shape index (κ2) is 10.2. The van der Waals surface area contributed by atoms with Gasteiger partial charge in [-0.3, -0.25) is 9.59 Å². The summed E-state index contributed by atoms with van der Waals surface area (Å²) in [5.41, 5.74) is 3.77. The molecule has 1 aromatic carbocycles. The molecule has 6 nitrogen and oxygen atoms in total. The van der Waals surface area contributed by atoms with Crippen molar-refractivity contribution in [3.63, 3.8) is 0 Å². The van der Waals surface area contributed by atoms with Crippen LogP contribution in [0.2, 0.25) is 0 Å². The first kappa shape index (κ1) is 22.5. The van der Waals surface area contributed by atoms with Crippen LogP contribution in [0.15, 0.2) is 45.3 Å². The average molecular weight is 492 g/mol. The maximum absolute atomic E-state index is 12.6. The fourth-order valence-electron chi connectivity index (χ4n) is 3.60. The highest BCUT2D eigenvalue weighted by molar-refractivity contribution is 9.11. The van der Waals surface area contributed by atoms with E-state index in [1.165, 1.54) is 0 Å². The third-order valence-electron chi connectivity index (χ3n) is 5.22. The van der Waals surface area contributed by atoms with Crippen molar-refractivity contribution in [2.24, 2.45) is 5.10 Å². The first-order valence-electron chi connectivity index (χ1n) is 9.99. The van der Waals surface area contributed by atoms with Crippen LogP contribution in [0.25, 0.3) is 0 Å². The summed E-state index contributed by atoms with van der Waals surface area (Å²) in [6.07, 6.45) is 3.22. The lowest BCUT2D eigenvalue weighted by Gasteiger charge is -2.38. The fraction of sp³-hybridized carbons (Fsp3) is 0.409. The number of hydrogen-bond acceptors (Lipinski definition) is 5. The molecule has 2 heterocycles. The van der Waals surface area contributed by atoms with E-state index >= 15 is 0 Å². The molecule has 1 saturated heterocycles. The van der Waals surface area contributed by atoms with Gasteiger partial charge >= 0.3 is 0 Å². The van der Waals surface area contributed by atoms with Crippen molar-refractivity contribution >= 4 is 44.8 Å². The first-order chi connectivity index (χ1) is 14.3. The summed E-state index contributed by atoms with van der Waals surface area (Å²) in [5, 5.41) is 4.16. The van der Waals surface area contributed by atoms with Gasteiger partial charge in [0.1, 0.15) is 5.75 Å². The van der Waals surface area contributed by atoms with Crippen LogP contribution >= 0.6 is 27.3 Å². The molecule has 160 valence electrons. The van der Waals surface area contributed by atoms with Crippen LogP contribution in [0.1, 0.15) is 55.3 Å². The van der Waals surface area contributed by atoms with E-state index in [0.717, 1.165) is 33.6 Å². The van der Waals surface area contributed by atoms with E-state index in [1.807, 2.05) is 24.0 Å². The van der Waals surface area contributed by atoms with Gasteiger partial charge in [-0.05, 0) is 92.4 Å².